The lowest BCUT2D eigenvalue weighted by atomic mass is 9.97. The molecule has 2 rings (SSSR count). The number of hydrogen-bond donors (Lipinski definition) is 3. The molecule has 0 aliphatic carbocycles. The molecular formula is C38H57N3O6S. The van der Waals surface area contributed by atoms with Crippen LogP contribution in [0.1, 0.15) is 109 Å². The normalized spacial score (nSPS) is 13.5. The summed E-state index contributed by atoms with van der Waals surface area (Å²) in [5, 5.41) is 5.62. The molecule has 0 radical (unpaired) electrons. The Morgan fingerprint density at radius 2 is 1.42 bits per heavy atom. The highest BCUT2D eigenvalue weighted by atomic mass is 32.1. The molecule has 9 nitrogen and oxygen atoms in total. The molecule has 48 heavy (non-hydrogen) atoms. The van der Waals surface area contributed by atoms with Crippen LogP contribution in [-0.4, -0.2) is 64.4 Å². The number of thiol groups is 1. The third-order valence-electron chi connectivity index (χ3n) is 7.65. The van der Waals surface area contributed by atoms with Crippen LogP contribution in [0.2, 0.25) is 0 Å². The number of hydrogen-bond acceptors (Lipinski definition) is 7. The zero-order chi connectivity index (χ0) is 36.1. The average Bonchev–Trinajstić information content (AvgIpc) is 2.99. The number of amides is 3. The lowest BCUT2D eigenvalue weighted by Crippen LogP contribution is -2.55. The molecular weight excluding hydrogens is 627 g/mol. The van der Waals surface area contributed by atoms with Crippen molar-refractivity contribution < 1.29 is 28.7 Å². The molecule has 266 valence electrons. The van der Waals surface area contributed by atoms with Gasteiger partial charge < -0.3 is 25.0 Å². The van der Waals surface area contributed by atoms with Crippen LogP contribution in [0, 0.1) is 13.8 Å². The van der Waals surface area contributed by atoms with Crippen molar-refractivity contribution in [2.75, 3.05) is 12.3 Å². The Morgan fingerprint density at radius 3 is 1.98 bits per heavy atom. The van der Waals surface area contributed by atoms with Crippen molar-refractivity contribution in [3.05, 3.63) is 70.8 Å². The number of carbonyl (C=O) groups is 4. The SMILES string of the molecule is CCCCCCCN(C(=O)C(CS)NC(=O)OC(C)(C)C)C(C(=O)NC(Cc1ccccc1)C(=O)OC(C)(C)C)c1ccc(C)c(C)c1. The number of unbranched alkanes of at least 4 members (excludes halogenated alkanes) is 4. The Morgan fingerprint density at radius 1 is 0.792 bits per heavy atom. The number of nitrogens with zero attached hydrogens (tertiary/aromatic N) is 1. The van der Waals surface area contributed by atoms with E-state index in [1.54, 1.807) is 41.5 Å². The largest absolute Gasteiger partial charge is 0.458 e. The summed E-state index contributed by atoms with van der Waals surface area (Å²) in [5.74, 6) is -1.58. The van der Waals surface area contributed by atoms with Gasteiger partial charge in [-0.15, -0.1) is 0 Å². The molecule has 0 saturated heterocycles. The van der Waals surface area contributed by atoms with Gasteiger partial charge in [0.05, 0.1) is 0 Å². The molecule has 3 atom stereocenters. The van der Waals surface area contributed by atoms with Crippen molar-refractivity contribution in [3.8, 4) is 0 Å². The lowest BCUT2D eigenvalue weighted by molar-refractivity contribution is -0.159. The molecule has 3 amide bonds. The van der Waals surface area contributed by atoms with Gasteiger partial charge in [-0.3, -0.25) is 9.59 Å². The van der Waals surface area contributed by atoms with Gasteiger partial charge in [0.1, 0.15) is 29.3 Å². The number of nitrogens with one attached hydrogen (secondary N) is 2. The molecule has 3 unspecified atom stereocenters. The molecule has 10 heteroatoms. The van der Waals surface area contributed by atoms with E-state index in [0.29, 0.717) is 12.0 Å². The maximum Gasteiger partial charge on any atom is 0.408 e. The minimum absolute atomic E-state index is 0.0137. The van der Waals surface area contributed by atoms with E-state index < -0.39 is 53.2 Å². The van der Waals surface area contributed by atoms with E-state index >= 15 is 0 Å². The predicted molar refractivity (Wildman–Crippen MR) is 194 cm³/mol. The molecule has 0 aromatic heterocycles. The Balaban J connectivity index is 2.61. The van der Waals surface area contributed by atoms with Gasteiger partial charge in [0, 0.05) is 18.7 Å². The van der Waals surface area contributed by atoms with Gasteiger partial charge in [-0.2, -0.15) is 12.6 Å². The van der Waals surface area contributed by atoms with Crippen molar-refractivity contribution >= 4 is 36.5 Å². The van der Waals surface area contributed by atoms with Crippen LogP contribution >= 0.6 is 12.6 Å². The van der Waals surface area contributed by atoms with Crippen LogP contribution in [0.5, 0.6) is 0 Å². The van der Waals surface area contributed by atoms with E-state index in [1.807, 2.05) is 62.4 Å². The summed E-state index contributed by atoms with van der Waals surface area (Å²) in [6.07, 6.45) is 4.06. The summed E-state index contributed by atoms with van der Waals surface area (Å²) in [5.41, 5.74) is 1.87. The van der Waals surface area contributed by atoms with Crippen molar-refractivity contribution in [1.29, 1.82) is 0 Å². The van der Waals surface area contributed by atoms with Crippen molar-refractivity contribution in [2.45, 2.75) is 130 Å². The van der Waals surface area contributed by atoms with Gasteiger partial charge >= 0.3 is 12.1 Å². The first-order chi connectivity index (χ1) is 22.5. The van der Waals surface area contributed by atoms with Crippen LogP contribution < -0.4 is 10.6 Å². The monoisotopic (exact) mass is 683 g/mol. The Kier molecular flexibility index (Phi) is 16.0. The Labute approximate surface area is 293 Å². The van der Waals surface area contributed by atoms with Crippen LogP contribution in [0.15, 0.2) is 48.5 Å². The van der Waals surface area contributed by atoms with Crippen LogP contribution in [0.3, 0.4) is 0 Å². The molecule has 0 spiro atoms. The van der Waals surface area contributed by atoms with Crippen molar-refractivity contribution in [3.63, 3.8) is 0 Å². The fourth-order valence-electron chi connectivity index (χ4n) is 5.16. The van der Waals surface area contributed by atoms with E-state index in [9.17, 15) is 19.2 Å². The van der Waals surface area contributed by atoms with Gasteiger partial charge in [0.25, 0.3) is 0 Å². The van der Waals surface area contributed by atoms with Crippen LogP contribution in [0.4, 0.5) is 4.79 Å². The third-order valence-corrected chi connectivity index (χ3v) is 8.02. The van der Waals surface area contributed by atoms with Gasteiger partial charge in [-0.1, -0.05) is 81.1 Å². The molecule has 2 aromatic carbocycles. The first-order valence-corrected chi connectivity index (χ1v) is 17.6. The zero-order valence-electron chi connectivity index (χ0n) is 30.4. The minimum atomic E-state index is -1.11. The van der Waals surface area contributed by atoms with Crippen LogP contribution in [0.25, 0.3) is 0 Å². The summed E-state index contributed by atoms with van der Waals surface area (Å²) in [7, 11) is 0. The standard InChI is InChI=1S/C38H57N3O6S/c1-10-11-12-13-17-22-41(34(43)31(25-48)40-36(45)47-38(7,8)9)32(29-21-20-26(2)27(3)23-29)33(42)39-30(35(44)46-37(4,5)6)24-28-18-15-14-16-19-28/h14-16,18-21,23,30-32,48H,10-13,17,22,24-25H2,1-9H3,(H,39,42)(H,40,45). The lowest BCUT2D eigenvalue weighted by Gasteiger charge is -2.35. The molecule has 0 aliphatic rings. The van der Waals surface area contributed by atoms with Gasteiger partial charge in [0.15, 0.2) is 0 Å². The highest BCUT2D eigenvalue weighted by Crippen LogP contribution is 2.27. The Hall–Kier alpha value is -3.53. The first-order valence-electron chi connectivity index (χ1n) is 17.0. The second kappa shape index (κ2) is 18.9. The number of esters is 1. The Bertz CT molecular complexity index is 1350. The highest BCUT2D eigenvalue weighted by molar-refractivity contribution is 7.80. The van der Waals surface area contributed by atoms with E-state index in [4.69, 9.17) is 9.47 Å². The maximum atomic E-state index is 14.6. The summed E-state index contributed by atoms with van der Waals surface area (Å²) in [6, 6.07) is 11.9. The second-order valence-electron chi connectivity index (χ2n) is 14.4. The molecule has 0 fully saturated rings. The minimum Gasteiger partial charge on any atom is -0.458 e. The number of aryl methyl sites for hydroxylation is 2. The highest BCUT2D eigenvalue weighted by Gasteiger charge is 2.38. The number of carbonyl (C=O) groups excluding carboxylic acids is 4. The molecule has 2 aromatic rings. The number of benzene rings is 2. The van der Waals surface area contributed by atoms with E-state index in [-0.39, 0.29) is 18.7 Å². The number of alkyl carbamates (subject to hydrolysis) is 1. The molecule has 0 aliphatic heterocycles. The smallest absolute Gasteiger partial charge is 0.408 e. The topological polar surface area (TPSA) is 114 Å². The van der Waals surface area contributed by atoms with E-state index in [1.165, 1.54) is 4.90 Å². The predicted octanol–water partition coefficient (Wildman–Crippen LogP) is 7.04. The summed E-state index contributed by atoms with van der Waals surface area (Å²) >= 11 is 4.41. The third kappa shape index (κ3) is 13.9. The van der Waals surface area contributed by atoms with Gasteiger partial charge in [-0.25, -0.2) is 9.59 Å². The second-order valence-corrected chi connectivity index (χ2v) is 14.7. The number of rotatable bonds is 16. The fourth-order valence-corrected chi connectivity index (χ4v) is 5.41. The first kappa shape index (κ1) is 40.6. The summed E-state index contributed by atoms with van der Waals surface area (Å²) in [6.45, 7) is 16.9. The number of ether oxygens (including phenoxy) is 2. The average molecular weight is 684 g/mol. The molecule has 0 bridgehead atoms. The van der Waals surface area contributed by atoms with E-state index in [0.717, 1.165) is 42.4 Å². The van der Waals surface area contributed by atoms with Crippen molar-refractivity contribution in [1.82, 2.24) is 15.5 Å². The van der Waals surface area contributed by atoms with E-state index in [2.05, 4.69) is 30.2 Å². The zero-order valence-corrected chi connectivity index (χ0v) is 31.2. The quantitative estimate of drug-likeness (QED) is 0.0995. The molecule has 0 saturated carbocycles. The van der Waals surface area contributed by atoms with Gasteiger partial charge in [0.2, 0.25) is 11.8 Å². The van der Waals surface area contributed by atoms with Crippen LogP contribution in [-0.2, 0) is 30.3 Å². The van der Waals surface area contributed by atoms with Gasteiger partial charge in [-0.05, 0) is 84.1 Å². The molecule has 0 heterocycles. The molecule has 2 N–H and O–H groups in total. The fraction of sp³-hybridized carbons (Fsp3) is 0.579. The van der Waals surface area contributed by atoms with Crippen molar-refractivity contribution in [2.24, 2.45) is 0 Å². The summed E-state index contributed by atoms with van der Waals surface area (Å²) < 4.78 is 11.2. The maximum absolute atomic E-state index is 14.6. The summed E-state index contributed by atoms with van der Waals surface area (Å²) in [4.78, 5) is 56.8.